The molecule has 31 heavy (non-hydrogen) atoms. The highest BCUT2D eigenvalue weighted by atomic mass is 16.6. The lowest BCUT2D eigenvalue weighted by Gasteiger charge is -2.26. The number of carbonyl (C=O) groups excluding carboxylic acids is 3. The van der Waals surface area contributed by atoms with E-state index in [1.54, 1.807) is 6.92 Å². The summed E-state index contributed by atoms with van der Waals surface area (Å²) in [4.78, 5) is 37.6. The Morgan fingerprint density at radius 1 is 1.16 bits per heavy atom. The third-order valence-electron chi connectivity index (χ3n) is 5.77. The van der Waals surface area contributed by atoms with Gasteiger partial charge in [-0.3, -0.25) is 9.59 Å². The van der Waals surface area contributed by atoms with Gasteiger partial charge in [-0.05, 0) is 18.9 Å². The Bertz CT molecular complexity index is 806. The second-order valence-corrected chi connectivity index (χ2v) is 9.25. The van der Waals surface area contributed by atoms with Crippen molar-refractivity contribution in [3.8, 4) is 0 Å². The molecule has 1 heterocycles. The van der Waals surface area contributed by atoms with Crippen molar-refractivity contribution in [2.24, 2.45) is 11.3 Å². The first-order valence-corrected chi connectivity index (χ1v) is 10.6. The van der Waals surface area contributed by atoms with Crippen molar-refractivity contribution in [3.05, 3.63) is 35.9 Å². The van der Waals surface area contributed by atoms with Crippen LogP contribution in [0.2, 0.25) is 0 Å². The van der Waals surface area contributed by atoms with E-state index in [1.165, 1.54) is 7.11 Å². The van der Waals surface area contributed by atoms with Crippen LogP contribution in [-0.2, 0) is 35.2 Å². The molecular weight excluding hydrogens is 400 g/mol. The standard InChI is InChI=1S/C23H32N2O6/c1-13(30-12-14-9-7-6-8-10-14)17(21(27)29-5)25-20(26)15-11-16(19-18(15)31-19)24-22(28)23(2,3)4/h6-10,13,15-19H,11-12H2,1-5H3,(H,24,28)(H,25,26)/t13-,15-,16+,17+,18+,19-/m1/s1. The number of esters is 1. The molecule has 170 valence electrons. The van der Waals surface area contributed by atoms with Gasteiger partial charge in [0, 0.05) is 5.41 Å². The van der Waals surface area contributed by atoms with E-state index >= 15 is 0 Å². The van der Waals surface area contributed by atoms with Gasteiger partial charge in [0.05, 0.1) is 37.9 Å². The first-order chi connectivity index (χ1) is 14.6. The summed E-state index contributed by atoms with van der Waals surface area (Å²) >= 11 is 0. The lowest BCUT2D eigenvalue weighted by molar-refractivity contribution is -0.150. The zero-order valence-electron chi connectivity index (χ0n) is 18.7. The van der Waals surface area contributed by atoms with E-state index < -0.39 is 29.4 Å². The molecule has 0 unspecified atom stereocenters. The van der Waals surface area contributed by atoms with Crippen molar-refractivity contribution in [2.75, 3.05) is 7.11 Å². The lowest BCUT2D eigenvalue weighted by Crippen LogP contribution is -2.51. The fourth-order valence-corrected chi connectivity index (χ4v) is 3.76. The molecule has 8 nitrogen and oxygen atoms in total. The molecule has 0 spiro atoms. The minimum Gasteiger partial charge on any atom is -0.467 e. The van der Waals surface area contributed by atoms with Gasteiger partial charge < -0.3 is 24.8 Å². The Kier molecular flexibility index (Phi) is 7.01. The van der Waals surface area contributed by atoms with Gasteiger partial charge in [0.25, 0.3) is 0 Å². The third-order valence-corrected chi connectivity index (χ3v) is 5.77. The molecule has 2 aliphatic rings. The maximum atomic E-state index is 13.0. The third kappa shape index (κ3) is 5.62. The van der Waals surface area contributed by atoms with Crippen molar-refractivity contribution in [3.63, 3.8) is 0 Å². The molecule has 1 aliphatic carbocycles. The molecule has 1 aliphatic heterocycles. The van der Waals surface area contributed by atoms with Gasteiger partial charge in [-0.1, -0.05) is 51.1 Å². The number of fused-ring (bicyclic) bond motifs is 1. The Balaban J connectivity index is 1.58. The average Bonchev–Trinajstić information content (AvgIpc) is 3.45. The summed E-state index contributed by atoms with van der Waals surface area (Å²) in [5.41, 5.74) is 0.443. The molecule has 0 aromatic heterocycles. The molecule has 8 heteroatoms. The highest BCUT2D eigenvalue weighted by Gasteiger charge is 2.59. The van der Waals surface area contributed by atoms with Crippen molar-refractivity contribution in [1.82, 2.24) is 10.6 Å². The normalized spacial score (nSPS) is 26.4. The van der Waals surface area contributed by atoms with Crippen LogP contribution >= 0.6 is 0 Å². The van der Waals surface area contributed by atoms with E-state index in [0.29, 0.717) is 13.0 Å². The van der Waals surface area contributed by atoms with E-state index in [-0.39, 0.29) is 30.1 Å². The van der Waals surface area contributed by atoms with Gasteiger partial charge in [-0.2, -0.15) is 0 Å². The SMILES string of the molecule is COC(=O)[C@@H](NC(=O)[C@@H]1C[C@H](NC(=O)C(C)(C)C)[C@H]2O[C@H]21)[C@@H](C)OCc1ccccc1. The molecule has 2 amide bonds. The van der Waals surface area contributed by atoms with Gasteiger partial charge in [0.2, 0.25) is 11.8 Å². The highest BCUT2D eigenvalue weighted by Crippen LogP contribution is 2.43. The lowest BCUT2D eigenvalue weighted by atomic mass is 9.95. The molecule has 0 radical (unpaired) electrons. The number of hydrogen-bond acceptors (Lipinski definition) is 6. The summed E-state index contributed by atoms with van der Waals surface area (Å²) in [5, 5.41) is 5.76. The number of epoxide rings is 1. The fourth-order valence-electron chi connectivity index (χ4n) is 3.76. The van der Waals surface area contributed by atoms with Crippen LogP contribution in [0, 0.1) is 11.3 Å². The molecule has 6 atom stereocenters. The summed E-state index contributed by atoms with van der Waals surface area (Å²) < 4.78 is 16.3. The first-order valence-electron chi connectivity index (χ1n) is 10.6. The van der Waals surface area contributed by atoms with Gasteiger partial charge >= 0.3 is 5.97 Å². The van der Waals surface area contributed by atoms with Crippen molar-refractivity contribution in [1.29, 1.82) is 0 Å². The predicted molar refractivity (Wildman–Crippen MR) is 113 cm³/mol. The van der Waals surface area contributed by atoms with E-state index in [4.69, 9.17) is 14.2 Å². The van der Waals surface area contributed by atoms with Crippen LogP contribution in [0.1, 0.15) is 39.7 Å². The number of benzene rings is 1. The summed E-state index contributed by atoms with van der Waals surface area (Å²) in [6, 6.07) is 8.42. The van der Waals surface area contributed by atoms with E-state index in [2.05, 4.69) is 10.6 Å². The second-order valence-electron chi connectivity index (χ2n) is 9.25. The Morgan fingerprint density at radius 3 is 2.45 bits per heavy atom. The number of methoxy groups -OCH3 is 1. The maximum absolute atomic E-state index is 13.0. The van der Waals surface area contributed by atoms with Gasteiger partial charge in [-0.25, -0.2) is 4.79 Å². The smallest absolute Gasteiger partial charge is 0.331 e. The number of carbonyl (C=O) groups is 3. The minimum atomic E-state index is -0.943. The highest BCUT2D eigenvalue weighted by molar-refractivity contribution is 5.87. The van der Waals surface area contributed by atoms with Gasteiger partial charge in [0.1, 0.15) is 6.10 Å². The summed E-state index contributed by atoms with van der Waals surface area (Å²) in [7, 11) is 1.28. The van der Waals surface area contributed by atoms with E-state index in [9.17, 15) is 14.4 Å². The van der Waals surface area contributed by atoms with Gasteiger partial charge in [-0.15, -0.1) is 0 Å². The molecule has 1 aromatic rings. The molecule has 2 N–H and O–H groups in total. The average molecular weight is 433 g/mol. The molecular formula is C23H32N2O6. The summed E-state index contributed by atoms with van der Waals surface area (Å²) in [5.74, 6) is -1.39. The molecule has 1 saturated heterocycles. The minimum absolute atomic E-state index is 0.0804. The Hall–Kier alpha value is -2.45. The maximum Gasteiger partial charge on any atom is 0.331 e. The number of ether oxygens (including phenoxy) is 3. The summed E-state index contributed by atoms with van der Waals surface area (Å²) in [6.07, 6.45) is -0.532. The Morgan fingerprint density at radius 2 is 1.84 bits per heavy atom. The van der Waals surface area contributed by atoms with Crippen LogP contribution in [0.25, 0.3) is 0 Å². The largest absolute Gasteiger partial charge is 0.467 e. The van der Waals surface area contributed by atoms with E-state index in [1.807, 2.05) is 51.1 Å². The molecule has 1 saturated carbocycles. The fraction of sp³-hybridized carbons (Fsp3) is 0.609. The van der Waals surface area contributed by atoms with Gasteiger partial charge in [0.15, 0.2) is 6.04 Å². The quantitative estimate of drug-likeness (QED) is 0.477. The number of nitrogens with one attached hydrogen (secondary N) is 2. The molecule has 0 bridgehead atoms. The number of hydrogen-bond donors (Lipinski definition) is 2. The van der Waals surface area contributed by atoms with Crippen LogP contribution < -0.4 is 10.6 Å². The predicted octanol–water partition coefficient (Wildman–Crippen LogP) is 1.57. The molecule has 2 fully saturated rings. The zero-order chi connectivity index (χ0) is 22.8. The van der Waals surface area contributed by atoms with Crippen LogP contribution in [0.5, 0.6) is 0 Å². The van der Waals surface area contributed by atoms with Crippen molar-refractivity contribution >= 4 is 17.8 Å². The van der Waals surface area contributed by atoms with Crippen LogP contribution in [0.3, 0.4) is 0 Å². The van der Waals surface area contributed by atoms with Crippen molar-refractivity contribution < 1.29 is 28.6 Å². The topological polar surface area (TPSA) is 106 Å². The summed E-state index contributed by atoms with van der Waals surface area (Å²) in [6.45, 7) is 7.55. The number of rotatable bonds is 8. The van der Waals surface area contributed by atoms with Crippen molar-refractivity contribution in [2.45, 2.75) is 71.1 Å². The van der Waals surface area contributed by atoms with Crippen LogP contribution in [0.15, 0.2) is 30.3 Å². The molecule has 3 rings (SSSR count). The zero-order valence-corrected chi connectivity index (χ0v) is 18.7. The van der Waals surface area contributed by atoms with E-state index in [0.717, 1.165) is 5.56 Å². The van der Waals surface area contributed by atoms with Crippen LogP contribution in [0.4, 0.5) is 0 Å². The number of amides is 2. The monoisotopic (exact) mass is 432 g/mol. The van der Waals surface area contributed by atoms with Crippen LogP contribution in [-0.4, -0.2) is 55.3 Å². The second kappa shape index (κ2) is 9.36. The first kappa shape index (κ1) is 23.2. The Labute approximate surface area is 183 Å². The molecule has 1 aromatic carbocycles.